The Labute approximate surface area is 141 Å². The standard InChI is InChI=1S/C19H32N4/c1-5-17-11-19(21-15(4)20-17)23-10-6-9-22(12-16-7-8-16)18(13-23)14(2)3/h11,14,16,18H,5-10,12-13H2,1-4H3/t18-/m0/s1. The quantitative estimate of drug-likeness (QED) is 0.834. The Bertz CT molecular complexity index is 524. The molecule has 1 saturated heterocycles. The Morgan fingerprint density at radius 1 is 1.22 bits per heavy atom. The predicted octanol–water partition coefficient (Wildman–Crippen LogP) is 3.29. The lowest BCUT2D eigenvalue weighted by molar-refractivity contribution is 0.162. The summed E-state index contributed by atoms with van der Waals surface area (Å²) in [6.07, 6.45) is 5.10. The highest BCUT2D eigenvalue weighted by Gasteiger charge is 2.32. The molecule has 0 spiro atoms. The Morgan fingerprint density at radius 2 is 2.00 bits per heavy atom. The lowest BCUT2D eigenvalue weighted by Gasteiger charge is -2.35. The maximum absolute atomic E-state index is 4.74. The lowest BCUT2D eigenvalue weighted by Crippen LogP contribution is -2.45. The number of aromatic nitrogens is 2. The van der Waals surface area contributed by atoms with Gasteiger partial charge in [0.15, 0.2) is 0 Å². The van der Waals surface area contributed by atoms with Crippen molar-refractivity contribution < 1.29 is 0 Å². The second kappa shape index (κ2) is 7.16. The van der Waals surface area contributed by atoms with Crippen molar-refractivity contribution in [3.63, 3.8) is 0 Å². The molecule has 0 bridgehead atoms. The third kappa shape index (κ3) is 4.23. The third-order valence-corrected chi connectivity index (χ3v) is 5.27. The zero-order valence-corrected chi connectivity index (χ0v) is 15.3. The van der Waals surface area contributed by atoms with E-state index in [9.17, 15) is 0 Å². The normalized spacial score (nSPS) is 23.3. The molecule has 3 rings (SSSR count). The summed E-state index contributed by atoms with van der Waals surface area (Å²) >= 11 is 0. The van der Waals surface area contributed by atoms with Crippen LogP contribution in [0.1, 0.15) is 51.6 Å². The molecule has 1 aliphatic heterocycles. The van der Waals surface area contributed by atoms with Gasteiger partial charge in [-0.3, -0.25) is 4.90 Å². The summed E-state index contributed by atoms with van der Waals surface area (Å²) in [5.41, 5.74) is 1.16. The van der Waals surface area contributed by atoms with E-state index in [1.807, 2.05) is 6.92 Å². The minimum absolute atomic E-state index is 0.637. The van der Waals surface area contributed by atoms with Gasteiger partial charge >= 0.3 is 0 Å². The van der Waals surface area contributed by atoms with Crippen molar-refractivity contribution in [2.45, 2.75) is 59.4 Å². The topological polar surface area (TPSA) is 32.3 Å². The lowest BCUT2D eigenvalue weighted by atomic mass is 10.0. The summed E-state index contributed by atoms with van der Waals surface area (Å²) in [7, 11) is 0. The molecule has 2 fully saturated rings. The first kappa shape index (κ1) is 16.7. The predicted molar refractivity (Wildman–Crippen MR) is 95.9 cm³/mol. The number of hydrogen-bond donors (Lipinski definition) is 0. The van der Waals surface area contributed by atoms with Crippen LogP contribution in [0.2, 0.25) is 0 Å². The van der Waals surface area contributed by atoms with E-state index in [0.29, 0.717) is 12.0 Å². The molecule has 0 unspecified atom stereocenters. The molecule has 128 valence electrons. The van der Waals surface area contributed by atoms with Crippen LogP contribution in [0, 0.1) is 18.8 Å². The summed E-state index contributed by atoms with van der Waals surface area (Å²) in [5.74, 6) is 3.69. The fourth-order valence-electron chi connectivity index (χ4n) is 3.72. The summed E-state index contributed by atoms with van der Waals surface area (Å²) in [6, 6.07) is 2.83. The zero-order chi connectivity index (χ0) is 16.4. The van der Waals surface area contributed by atoms with Gasteiger partial charge in [0, 0.05) is 44.0 Å². The highest BCUT2D eigenvalue weighted by Crippen LogP contribution is 2.32. The van der Waals surface area contributed by atoms with E-state index in [2.05, 4.69) is 41.6 Å². The summed E-state index contributed by atoms with van der Waals surface area (Å²) < 4.78 is 0. The van der Waals surface area contributed by atoms with Crippen molar-refractivity contribution in [3.8, 4) is 0 Å². The third-order valence-electron chi connectivity index (χ3n) is 5.27. The monoisotopic (exact) mass is 316 g/mol. The average molecular weight is 316 g/mol. The molecule has 1 aliphatic carbocycles. The Morgan fingerprint density at radius 3 is 2.65 bits per heavy atom. The van der Waals surface area contributed by atoms with E-state index in [1.165, 1.54) is 32.4 Å². The van der Waals surface area contributed by atoms with E-state index in [0.717, 1.165) is 42.8 Å². The van der Waals surface area contributed by atoms with E-state index in [1.54, 1.807) is 0 Å². The molecule has 1 atom stereocenters. The molecule has 1 aromatic rings. The maximum Gasteiger partial charge on any atom is 0.132 e. The summed E-state index contributed by atoms with van der Waals surface area (Å²) in [6.45, 7) is 13.7. The van der Waals surface area contributed by atoms with Crippen molar-refractivity contribution in [3.05, 3.63) is 17.6 Å². The molecule has 1 aromatic heterocycles. The molecular weight excluding hydrogens is 284 g/mol. The smallest absolute Gasteiger partial charge is 0.132 e. The molecule has 2 heterocycles. The molecule has 23 heavy (non-hydrogen) atoms. The number of rotatable bonds is 5. The van der Waals surface area contributed by atoms with E-state index in [-0.39, 0.29) is 0 Å². The number of anilines is 1. The SMILES string of the molecule is CCc1cc(N2CCCN(CC3CC3)[C@H](C(C)C)C2)nc(C)n1. The minimum Gasteiger partial charge on any atom is -0.355 e. The fraction of sp³-hybridized carbons (Fsp3) is 0.789. The van der Waals surface area contributed by atoms with E-state index in [4.69, 9.17) is 4.98 Å². The van der Waals surface area contributed by atoms with Gasteiger partial charge in [-0.25, -0.2) is 9.97 Å². The molecule has 0 radical (unpaired) electrons. The van der Waals surface area contributed by atoms with Gasteiger partial charge in [-0.2, -0.15) is 0 Å². The van der Waals surface area contributed by atoms with Gasteiger partial charge in [-0.1, -0.05) is 20.8 Å². The molecular formula is C19H32N4. The van der Waals surface area contributed by atoms with Gasteiger partial charge in [0.2, 0.25) is 0 Å². The van der Waals surface area contributed by atoms with Crippen LogP contribution < -0.4 is 4.90 Å². The average Bonchev–Trinajstić information content (AvgIpc) is 3.33. The van der Waals surface area contributed by atoms with Crippen LogP contribution in [0.5, 0.6) is 0 Å². The van der Waals surface area contributed by atoms with Crippen LogP contribution >= 0.6 is 0 Å². The van der Waals surface area contributed by atoms with Crippen molar-refractivity contribution in [2.24, 2.45) is 11.8 Å². The molecule has 4 heteroatoms. The van der Waals surface area contributed by atoms with Crippen molar-refractivity contribution in [2.75, 3.05) is 31.1 Å². The van der Waals surface area contributed by atoms with Gasteiger partial charge in [-0.05, 0) is 44.4 Å². The molecule has 4 nitrogen and oxygen atoms in total. The number of nitrogens with zero attached hydrogens (tertiary/aromatic N) is 4. The maximum atomic E-state index is 4.74. The van der Waals surface area contributed by atoms with E-state index >= 15 is 0 Å². The van der Waals surface area contributed by atoms with Crippen molar-refractivity contribution >= 4 is 5.82 Å². The largest absolute Gasteiger partial charge is 0.355 e. The number of hydrogen-bond acceptors (Lipinski definition) is 4. The molecule has 0 aromatic carbocycles. The van der Waals surface area contributed by atoms with E-state index < -0.39 is 0 Å². The highest BCUT2D eigenvalue weighted by molar-refractivity contribution is 5.40. The minimum atomic E-state index is 0.637. The van der Waals surface area contributed by atoms with Crippen molar-refractivity contribution in [1.29, 1.82) is 0 Å². The zero-order valence-electron chi connectivity index (χ0n) is 15.3. The van der Waals surface area contributed by atoms with Gasteiger partial charge in [0.25, 0.3) is 0 Å². The van der Waals surface area contributed by atoms with Crippen LogP contribution in [-0.2, 0) is 6.42 Å². The molecule has 0 N–H and O–H groups in total. The fourth-order valence-corrected chi connectivity index (χ4v) is 3.72. The summed E-state index contributed by atoms with van der Waals surface area (Å²) in [4.78, 5) is 14.5. The van der Waals surface area contributed by atoms with Gasteiger partial charge in [-0.15, -0.1) is 0 Å². The second-order valence-corrected chi connectivity index (χ2v) is 7.67. The highest BCUT2D eigenvalue weighted by atomic mass is 15.3. The molecule has 1 saturated carbocycles. The Hall–Kier alpha value is -1.16. The van der Waals surface area contributed by atoms with Crippen molar-refractivity contribution in [1.82, 2.24) is 14.9 Å². The Kier molecular flexibility index (Phi) is 5.20. The number of aryl methyl sites for hydroxylation is 2. The van der Waals surface area contributed by atoms with Crippen LogP contribution in [0.15, 0.2) is 6.07 Å². The molecule has 2 aliphatic rings. The van der Waals surface area contributed by atoms with Gasteiger partial charge in [0.05, 0.1) is 0 Å². The molecule has 0 amide bonds. The Balaban J connectivity index is 1.78. The van der Waals surface area contributed by atoms with Gasteiger partial charge < -0.3 is 4.90 Å². The first-order chi connectivity index (χ1) is 11.1. The van der Waals surface area contributed by atoms with Crippen LogP contribution in [0.3, 0.4) is 0 Å². The first-order valence-electron chi connectivity index (χ1n) is 9.40. The summed E-state index contributed by atoms with van der Waals surface area (Å²) in [5, 5.41) is 0. The second-order valence-electron chi connectivity index (χ2n) is 7.67. The van der Waals surface area contributed by atoms with Gasteiger partial charge in [0.1, 0.15) is 11.6 Å². The van der Waals surface area contributed by atoms with Crippen LogP contribution in [0.4, 0.5) is 5.82 Å². The van der Waals surface area contributed by atoms with Crippen LogP contribution in [-0.4, -0.2) is 47.1 Å². The van der Waals surface area contributed by atoms with Crippen LogP contribution in [0.25, 0.3) is 0 Å². The first-order valence-corrected chi connectivity index (χ1v) is 9.40.